The topological polar surface area (TPSA) is 49.5 Å². The van der Waals surface area contributed by atoms with Gasteiger partial charge in [-0.2, -0.15) is 0 Å². The highest BCUT2D eigenvalue weighted by Crippen LogP contribution is 2.38. The summed E-state index contributed by atoms with van der Waals surface area (Å²) in [4.78, 5) is 2.46. The molecule has 1 N–H and O–H groups in total. The van der Waals surface area contributed by atoms with Crippen LogP contribution in [0.1, 0.15) is 37.4 Å². The number of fused-ring (bicyclic) bond motifs is 1. The van der Waals surface area contributed by atoms with Crippen molar-refractivity contribution >= 4 is 11.0 Å². The van der Waals surface area contributed by atoms with Crippen molar-refractivity contribution in [2.45, 2.75) is 44.1 Å². The molecule has 1 aromatic heterocycles. The van der Waals surface area contributed by atoms with E-state index < -0.39 is 0 Å². The summed E-state index contributed by atoms with van der Waals surface area (Å²) in [5, 5.41) is 15.5. The summed E-state index contributed by atoms with van der Waals surface area (Å²) < 4.78 is 18.5. The third-order valence-corrected chi connectivity index (χ3v) is 6.29. The number of aryl methyl sites for hydroxylation is 1. The molecule has 1 aliphatic heterocycles. The van der Waals surface area contributed by atoms with Crippen molar-refractivity contribution in [2.75, 3.05) is 19.6 Å². The molecule has 0 radical (unpaired) electrons. The van der Waals surface area contributed by atoms with Crippen molar-refractivity contribution in [1.29, 1.82) is 0 Å². The highest BCUT2D eigenvalue weighted by molar-refractivity contribution is 5.79. The predicted molar refractivity (Wildman–Crippen MR) is 108 cm³/mol. The number of rotatable bonds is 6. The number of aliphatic hydroxyl groups is 1. The van der Waals surface area contributed by atoms with E-state index in [9.17, 15) is 9.50 Å². The molecule has 2 heterocycles. The molecule has 3 aromatic rings. The minimum atomic E-state index is -0.362. The quantitative estimate of drug-likeness (QED) is 0.690. The first-order chi connectivity index (χ1) is 13.6. The molecule has 2 aromatic carbocycles. The van der Waals surface area contributed by atoms with E-state index in [0.29, 0.717) is 5.58 Å². The van der Waals surface area contributed by atoms with Gasteiger partial charge in [0.15, 0.2) is 5.58 Å². The fraction of sp³-hybridized carbons (Fsp3) is 0.435. The maximum atomic E-state index is 13.3. The van der Waals surface area contributed by atoms with Crippen LogP contribution in [-0.2, 0) is 11.8 Å². The van der Waals surface area contributed by atoms with Gasteiger partial charge in [0.05, 0.1) is 11.8 Å². The number of aliphatic hydroxyl groups excluding tert-OH is 1. The second kappa shape index (κ2) is 8.02. The predicted octanol–water partition coefficient (Wildman–Crippen LogP) is 4.31. The Morgan fingerprint density at radius 2 is 1.93 bits per heavy atom. The van der Waals surface area contributed by atoms with E-state index in [1.54, 1.807) is 6.07 Å². The first kappa shape index (κ1) is 19.1. The first-order valence-corrected chi connectivity index (χ1v) is 10.1. The molecule has 4 rings (SSSR count). The molecule has 148 valence electrons. The molecule has 0 spiro atoms. The summed E-state index contributed by atoms with van der Waals surface area (Å²) in [6, 6.07) is 15.0. The van der Waals surface area contributed by atoms with E-state index in [1.807, 2.05) is 13.0 Å². The van der Waals surface area contributed by atoms with E-state index in [-0.39, 0.29) is 17.3 Å². The molecule has 0 bridgehead atoms. The van der Waals surface area contributed by atoms with E-state index in [0.717, 1.165) is 56.4 Å². The van der Waals surface area contributed by atoms with E-state index >= 15 is 0 Å². The number of aromatic nitrogens is 1. The van der Waals surface area contributed by atoms with Crippen LogP contribution in [-0.4, -0.2) is 40.9 Å². The molecule has 4 nitrogen and oxygen atoms in total. The zero-order valence-electron chi connectivity index (χ0n) is 16.3. The van der Waals surface area contributed by atoms with E-state index in [1.165, 1.54) is 17.7 Å². The van der Waals surface area contributed by atoms with Crippen LogP contribution < -0.4 is 0 Å². The number of benzene rings is 2. The van der Waals surface area contributed by atoms with Crippen LogP contribution in [0.25, 0.3) is 11.0 Å². The van der Waals surface area contributed by atoms with E-state index in [2.05, 4.69) is 34.3 Å². The molecule has 1 unspecified atom stereocenters. The Balaban J connectivity index is 1.34. The average Bonchev–Trinajstić information content (AvgIpc) is 3.11. The lowest BCUT2D eigenvalue weighted by atomic mass is 9.69. The van der Waals surface area contributed by atoms with Gasteiger partial charge in [0, 0.05) is 16.9 Å². The Kier molecular flexibility index (Phi) is 5.47. The Labute approximate surface area is 164 Å². The Hall–Kier alpha value is -2.24. The molecule has 0 saturated carbocycles. The molecule has 1 atom stereocenters. The highest BCUT2D eigenvalue weighted by atomic mass is 19.1. The standard InChI is InChI=1S/C23H27FN2O2/c1-17(27)23(18-6-3-2-4-7-18)11-14-26(15-12-23)13-5-8-21-20-10-9-19(24)16-22(20)28-25-21/h2-4,6-7,9-10,16-17,27H,5,8,11-15H2,1H3. The summed E-state index contributed by atoms with van der Waals surface area (Å²) in [6.45, 7) is 4.86. The van der Waals surface area contributed by atoms with Crippen molar-refractivity contribution in [2.24, 2.45) is 0 Å². The van der Waals surface area contributed by atoms with Gasteiger partial charge in [0.1, 0.15) is 5.82 Å². The summed E-state index contributed by atoms with van der Waals surface area (Å²) in [7, 11) is 0. The van der Waals surface area contributed by atoms with Gasteiger partial charge in [-0.3, -0.25) is 0 Å². The monoisotopic (exact) mass is 382 g/mol. The molecule has 1 aliphatic rings. The van der Waals surface area contributed by atoms with Crippen LogP contribution in [0, 0.1) is 5.82 Å². The number of halogens is 1. The third-order valence-electron chi connectivity index (χ3n) is 6.29. The largest absolute Gasteiger partial charge is 0.392 e. The minimum Gasteiger partial charge on any atom is -0.392 e. The first-order valence-electron chi connectivity index (χ1n) is 10.1. The van der Waals surface area contributed by atoms with Gasteiger partial charge in [0.2, 0.25) is 0 Å². The van der Waals surface area contributed by atoms with Crippen LogP contribution in [0.15, 0.2) is 53.1 Å². The maximum Gasteiger partial charge on any atom is 0.170 e. The number of likely N-dealkylation sites (tertiary alicyclic amines) is 1. The van der Waals surface area contributed by atoms with Crippen LogP contribution in [0.5, 0.6) is 0 Å². The van der Waals surface area contributed by atoms with Crippen molar-refractivity contribution < 1.29 is 14.0 Å². The maximum absolute atomic E-state index is 13.3. The molecule has 1 saturated heterocycles. The number of hydrogen-bond donors (Lipinski definition) is 1. The van der Waals surface area contributed by atoms with Gasteiger partial charge in [0.25, 0.3) is 0 Å². The molecule has 28 heavy (non-hydrogen) atoms. The van der Waals surface area contributed by atoms with Gasteiger partial charge >= 0.3 is 0 Å². The Bertz CT molecular complexity index is 915. The number of piperidine rings is 1. The molecule has 1 fully saturated rings. The smallest absolute Gasteiger partial charge is 0.170 e. The lowest BCUT2D eigenvalue weighted by molar-refractivity contribution is 0.0416. The molecule has 0 aliphatic carbocycles. The van der Waals surface area contributed by atoms with Gasteiger partial charge in [-0.05, 0) is 69.9 Å². The fourth-order valence-electron chi connectivity index (χ4n) is 4.51. The normalized spacial score (nSPS) is 18.4. The molecule has 5 heteroatoms. The van der Waals surface area contributed by atoms with Gasteiger partial charge in [-0.25, -0.2) is 4.39 Å². The van der Waals surface area contributed by atoms with Crippen molar-refractivity contribution in [3.8, 4) is 0 Å². The summed E-state index contributed by atoms with van der Waals surface area (Å²) in [5.74, 6) is -0.302. The van der Waals surface area contributed by atoms with Crippen LogP contribution >= 0.6 is 0 Å². The fourth-order valence-corrected chi connectivity index (χ4v) is 4.51. The summed E-state index contributed by atoms with van der Waals surface area (Å²) in [6.07, 6.45) is 3.35. The van der Waals surface area contributed by atoms with Crippen LogP contribution in [0.2, 0.25) is 0 Å². The molecular weight excluding hydrogens is 355 g/mol. The van der Waals surface area contributed by atoms with Gasteiger partial charge in [-0.15, -0.1) is 0 Å². The minimum absolute atomic E-state index is 0.149. The van der Waals surface area contributed by atoms with E-state index in [4.69, 9.17) is 4.52 Å². The average molecular weight is 382 g/mol. The second-order valence-corrected chi connectivity index (χ2v) is 7.91. The van der Waals surface area contributed by atoms with Crippen molar-refractivity contribution in [3.63, 3.8) is 0 Å². The van der Waals surface area contributed by atoms with Crippen LogP contribution in [0.3, 0.4) is 0 Å². The van der Waals surface area contributed by atoms with Crippen LogP contribution in [0.4, 0.5) is 4.39 Å². The Morgan fingerprint density at radius 1 is 1.18 bits per heavy atom. The third kappa shape index (κ3) is 3.69. The lowest BCUT2D eigenvalue weighted by Crippen LogP contribution is -2.48. The zero-order valence-corrected chi connectivity index (χ0v) is 16.3. The Morgan fingerprint density at radius 3 is 2.64 bits per heavy atom. The zero-order chi connectivity index (χ0) is 19.6. The number of hydrogen-bond acceptors (Lipinski definition) is 4. The highest BCUT2D eigenvalue weighted by Gasteiger charge is 2.39. The summed E-state index contributed by atoms with van der Waals surface area (Å²) in [5.41, 5.74) is 2.50. The summed E-state index contributed by atoms with van der Waals surface area (Å²) >= 11 is 0. The SMILES string of the molecule is CC(O)C1(c2ccccc2)CCN(CCCc2noc3cc(F)ccc23)CC1. The second-order valence-electron chi connectivity index (χ2n) is 7.91. The van der Waals surface area contributed by atoms with Crippen molar-refractivity contribution in [1.82, 2.24) is 10.1 Å². The number of nitrogens with zero attached hydrogens (tertiary/aromatic N) is 2. The molecular formula is C23H27FN2O2. The van der Waals surface area contributed by atoms with Crippen molar-refractivity contribution in [3.05, 3.63) is 65.6 Å². The van der Waals surface area contributed by atoms with Gasteiger partial charge < -0.3 is 14.5 Å². The lowest BCUT2D eigenvalue weighted by Gasteiger charge is -2.44. The van der Waals surface area contributed by atoms with Gasteiger partial charge in [-0.1, -0.05) is 35.5 Å². The molecule has 0 amide bonds.